The summed E-state index contributed by atoms with van der Waals surface area (Å²) in [6, 6.07) is 0. The molecular weight excluding hydrogens is 327 g/mol. The lowest BCUT2D eigenvalue weighted by molar-refractivity contribution is 0.215. The van der Waals surface area contributed by atoms with Gasteiger partial charge in [0, 0.05) is 6.61 Å². The summed E-state index contributed by atoms with van der Waals surface area (Å²) in [5.74, 6) is 1.20. The van der Waals surface area contributed by atoms with Gasteiger partial charge in [-0.1, -0.05) is 63.3 Å². The zero-order valence-corrected chi connectivity index (χ0v) is 15.0. The van der Waals surface area contributed by atoms with E-state index in [0.29, 0.717) is 16.9 Å². The molecule has 96 valence electrons. The molecule has 0 saturated heterocycles. The standard InChI is InChI=1S/C13H27IOSi/c1-11(8-9-14)12(2)10-15-16(6,7)13(3,4)5/h8-9,11-12H,10H2,1-7H3/b9-8-/t11-,12+/m1/s1. The first-order chi connectivity index (χ1) is 7.12. The fraction of sp³-hybridized carbons (Fsp3) is 0.846. The van der Waals surface area contributed by atoms with E-state index in [9.17, 15) is 0 Å². The predicted octanol–water partition coefficient (Wildman–Crippen LogP) is 5.23. The second-order valence-corrected chi connectivity index (χ2v) is 11.8. The van der Waals surface area contributed by atoms with Crippen molar-refractivity contribution in [3.8, 4) is 0 Å². The van der Waals surface area contributed by atoms with Crippen LogP contribution in [0.3, 0.4) is 0 Å². The van der Waals surface area contributed by atoms with Crippen LogP contribution in [0, 0.1) is 11.8 Å². The van der Waals surface area contributed by atoms with Gasteiger partial charge in [-0.25, -0.2) is 0 Å². The Labute approximate surface area is 116 Å². The largest absolute Gasteiger partial charge is 0.417 e. The maximum atomic E-state index is 6.23. The van der Waals surface area contributed by atoms with E-state index in [1.807, 2.05) is 0 Å². The summed E-state index contributed by atoms with van der Waals surface area (Å²) in [5.41, 5.74) is 0. The molecule has 0 saturated carbocycles. The Morgan fingerprint density at radius 3 is 2.12 bits per heavy atom. The van der Waals surface area contributed by atoms with Crippen LogP contribution in [0.5, 0.6) is 0 Å². The number of rotatable bonds is 5. The summed E-state index contributed by atoms with van der Waals surface area (Å²) in [6.45, 7) is 16.9. The van der Waals surface area contributed by atoms with Gasteiger partial charge in [-0.15, -0.1) is 0 Å². The third-order valence-electron chi connectivity index (χ3n) is 3.79. The molecule has 0 amide bonds. The highest BCUT2D eigenvalue weighted by Gasteiger charge is 2.37. The van der Waals surface area contributed by atoms with Gasteiger partial charge in [0.15, 0.2) is 8.32 Å². The molecule has 1 nitrogen and oxygen atoms in total. The Morgan fingerprint density at radius 1 is 1.25 bits per heavy atom. The Kier molecular flexibility index (Phi) is 6.81. The SMILES string of the molecule is C[C@H](/C=C\I)[C@@H](C)CO[Si](C)(C)C(C)(C)C. The first-order valence-electron chi connectivity index (χ1n) is 6.02. The molecular formula is C13H27IOSi. The van der Waals surface area contributed by atoms with Crippen LogP contribution in [0.4, 0.5) is 0 Å². The maximum Gasteiger partial charge on any atom is 0.191 e. The molecule has 0 aromatic heterocycles. The Hall–Kier alpha value is 0.647. The zero-order chi connectivity index (χ0) is 13.0. The number of hydrogen-bond acceptors (Lipinski definition) is 1. The quantitative estimate of drug-likeness (QED) is 0.485. The van der Waals surface area contributed by atoms with Gasteiger partial charge in [0.1, 0.15) is 0 Å². The molecule has 0 fully saturated rings. The molecule has 0 N–H and O–H groups in total. The van der Waals surface area contributed by atoms with Crippen molar-refractivity contribution in [2.75, 3.05) is 6.61 Å². The minimum atomic E-state index is -1.56. The Balaban J connectivity index is 4.25. The summed E-state index contributed by atoms with van der Waals surface area (Å²) in [5, 5.41) is 0.315. The van der Waals surface area contributed by atoms with Crippen molar-refractivity contribution < 1.29 is 4.43 Å². The van der Waals surface area contributed by atoms with Gasteiger partial charge in [0.05, 0.1) is 0 Å². The molecule has 0 aromatic rings. The van der Waals surface area contributed by atoms with E-state index in [2.05, 4.69) is 80.5 Å². The molecule has 0 rings (SSSR count). The maximum absolute atomic E-state index is 6.23. The summed E-state index contributed by atoms with van der Waals surface area (Å²) >= 11 is 2.28. The van der Waals surface area contributed by atoms with E-state index in [4.69, 9.17) is 4.43 Å². The number of halogens is 1. The normalized spacial score (nSPS) is 17.8. The van der Waals surface area contributed by atoms with Crippen molar-refractivity contribution in [2.45, 2.75) is 52.8 Å². The van der Waals surface area contributed by atoms with Crippen molar-refractivity contribution in [1.29, 1.82) is 0 Å². The van der Waals surface area contributed by atoms with Crippen LogP contribution in [0.2, 0.25) is 18.1 Å². The molecule has 0 bridgehead atoms. The fourth-order valence-electron chi connectivity index (χ4n) is 1.01. The second kappa shape index (κ2) is 6.54. The van der Waals surface area contributed by atoms with Gasteiger partial charge in [-0.3, -0.25) is 0 Å². The van der Waals surface area contributed by atoms with E-state index in [0.717, 1.165) is 6.61 Å². The first kappa shape index (κ1) is 16.6. The van der Waals surface area contributed by atoms with Gasteiger partial charge in [-0.2, -0.15) is 0 Å². The lowest BCUT2D eigenvalue weighted by atomic mass is 9.97. The predicted molar refractivity (Wildman–Crippen MR) is 84.6 cm³/mol. The summed E-state index contributed by atoms with van der Waals surface area (Å²) in [7, 11) is -1.56. The Bertz CT molecular complexity index is 231. The number of hydrogen-bond donors (Lipinski definition) is 0. The number of allylic oxidation sites excluding steroid dienone is 1. The van der Waals surface area contributed by atoms with E-state index < -0.39 is 8.32 Å². The van der Waals surface area contributed by atoms with Crippen LogP contribution in [0.25, 0.3) is 0 Å². The highest BCUT2D eigenvalue weighted by atomic mass is 127. The van der Waals surface area contributed by atoms with Crippen molar-refractivity contribution in [1.82, 2.24) is 0 Å². The second-order valence-electron chi connectivity index (χ2n) is 6.23. The van der Waals surface area contributed by atoms with Crippen LogP contribution >= 0.6 is 22.6 Å². The molecule has 0 aliphatic rings. The topological polar surface area (TPSA) is 9.23 Å². The first-order valence-corrected chi connectivity index (χ1v) is 10.2. The molecule has 0 spiro atoms. The van der Waals surface area contributed by atoms with Crippen LogP contribution in [-0.4, -0.2) is 14.9 Å². The van der Waals surface area contributed by atoms with Gasteiger partial charge >= 0.3 is 0 Å². The fourth-order valence-corrected chi connectivity index (χ4v) is 2.78. The lowest BCUT2D eigenvalue weighted by Crippen LogP contribution is -2.42. The van der Waals surface area contributed by atoms with E-state index in [1.54, 1.807) is 0 Å². The molecule has 0 aliphatic heterocycles. The minimum Gasteiger partial charge on any atom is -0.417 e. The van der Waals surface area contributed by atoms with Crippen molar-refractivity contribution in [3.63, 3.8) is 0 Å². The zero-order valence-electron chi connectivity index (χ0n) is 11.8. The lowest BCUT2D eigenvalue weighted by Gasteiger charge is -2.37. The molecule has 2 atom stereocenters. The summed E-state index contributed by atoms with van der Waals surface area (Å²) < 4.78 is 8.33. The van der Waals surface area contributed by atoms with E-state index in [1.165, 1.54) is 0 Å². The van der Waals surface area contributed by atoms with Crippen LogP contribution in [-0.2, 0) is 4.43 Å². The average molecular weight is 354 g/mol. The highest BCUT2D eigenvalue weighted by Crippen LogP contribution is 2.37. The summed E-state index contributed by atoms with van der Waals surface area (Å²) in [6.07, 6.45) is 2.25. The molecule has 0 aromatic carbocycles. The molecule has 0 unspecified atom stereocenters. The molecule has 0 aliphatic carbocycles. The van der Waals surface area contributed by atoms with E-state index >= 15 is 0 Å². The molecule has 0 radical (unpaired) electrons. The smallest absolute Gasteiger partial charge is 0.191 e. The van der Waals surface area contributed by atoms with Gasteiger partial charge < -0.3 is 4.43 Å². The van der Waals surface area contributed by atoms with Crippen molar-refractivity contribution in [3.05, 3.63) is 10.2 Å². The van der Waals surface area contributed by atoms with Gasteiger partial charge in [0.2, 0.25) is 0 Å². The van der Waals surface area contributed by atoms with E-state index in [-0.39, 0.29) is 0 Å². The molecule has 16 heavy (non-hydrogen) atoms. The third kappa shape index (κ3) is 5.32. The Morgan fingerprint density at radius 2 is 1.75 bits per heavy atom. The highest BCUT2D eigenvalue weighted by molar-refractivity contribution is 14.1. The monoisotopic (exact) mass is 354 g/mol. The van der Waals surface area contributed by atoms with Crippen molar-refractivity contribution in [2.24, 2.45) is 11.8 Å². The summed E-state index contributed by atoms with van der Waals surface area (Å²) in [4.78, 5) is 0. The van der Waals surface area contributed by atoms with Crippen LogP contribution < -0.4 is 0 Å². The average Bonchev–Trinajstić information content (AvgIpc) is 2.12. The minimum absolute atomic E-state index is 0.315. The van der Waals surface area contributed by atoms with Crippen molar-refractivity contribution >= 4 is 30.9 Å². The third-order valence-corrected chi connectivity index (χ3v) is 8.70. The van der Waals surface area contributed by atoms with Crippen LogP contribution in [0.15, 0.2) is 10.2 Å². The van der Waals surface area contributed by atoms with Crippen LogP contribution in [0.1, 0.15) is 34.6 Å². The van der Waals surface area contributed by atoms with Gasteiger partial charge in [-0.05, 0) is 34.1 Å². The molecule has 3 heteroatoms. The van der Waals surface area contributed by atoms with Gasteiger partial charge in [0.25, 0.3) is 0 Å². The molecule has 0 heterocycles.